The van der Waals surface area contributed by atoms with Gasteiger partial charge in [0.1, 0.15) is 29.1 Å². The maximum atomic E-state index is 13.9. The third-order valence-electron chi connectivity index (χ3n) is 5.54. The molecule has 0 aliphatic carbocycles. The number of nitrogens with zero attached hydrogens (tertiary/aromatic N) is 5. The smallest absolute Gasteiger partial charge is 0.256 e. The van der Waals surface area contributed by atoms with E-state index in [-0.39, 0.29) is 5.56 Å². The Bertz CT molecular complexity index is 893. The Balaban J connectivity index is 1.44. The monoisotopic (exact) mass is 401 g/mol. The fourth-order valence-electron chi connectivity index (χ4n) is 3.96. The molecule has 0 unspecified atom stereocenters. The number of aryl methyl sites for hydroxylation is 1. The molecule has 1 aromatic carbocycles. The standard InChI is InChI=1S/C21H25F2N5O/c1-15-24-19(26-7-3-2-4-8-26)14-20(25-15)27-9-11-28(12-10-27)21(29)17-6-5-16(22)13-18(17)23/h5-6,13-14H,2-4,7-12H2,1H3. The summed E-state index contributed by atoms with van der Waals surface area (Å²) in [6, 6.07) is 5.08. The van der Waals surface area contributed by atoms with E-state index < -0.39 is 17.5 Å². The molecule has 4 rings (SSSR count). The summed E-state index contributed by atoms with van der Waals surface area (Å²) in [7, 11) is 0. The van der Waals surface area contributed by atoms with E-state index in [1.165, 1.54) is 25.3 Å². The molecule has 0 saturated carbocycles. The molecule has 2 aliphatic rings. The van der Waals surface area contributed by atoms with Crippen molar-refractivity contribution in [3.05, 3.63) is 47.3 Å². The number of piperazine rings is 1. The molecule has 29 heavy (non-hydrogen) atoms. The van der Waals surface area contributed by atoms with Crippen LogP contribution in [0.2, 0.25) is 0 Å². The van der Waals surface area contributed by atoms with Crippen LogP contribution in [0.4, 0.5) is 20.4 Å². The van der Waals surface area contributed by atoms with E-state index in [4.69, 9.17) is 0 Å². The van der Waals surface area contributed by atoms with Gasteiger partial charge in [-0.2, -0.15) is 0 Å². The lowest BCUT2D eigenvalue weighted by Crippen LogP contribution is -2.49. The molecule has 1 amide bonds. The molecule has 0 spiro atoms. The highest BCUT2D eigenvalue weighted by molar-refractivity contribution is 5.94. The maximum Gasteiger partial charge on any atom is 0.256 e. The van der Waals surface area contributed by atoms with E-state index in [2.05, 4.69) is 19.8 Å². The quantitative estimate of drug-likeness (QED) is 0.791. The number of carbonyl (C=O) groups is 1. The molecule has 0 radical (unpaired) electrons. The van der Waals surface area contributed by atoms with Gasteiger partial charge in [-0.05, 0) is 38.3 Å². The van der Waals surface area contributed by atoms with Gasteiger partial charge in [0.25, 0.3) is 5.91 Å². The molecule has 2 aliphatic heterocycles. The second-order valence-electron chi connectivity index (χ2n) is 7.58. The molecule has 2 aromatic rings. The van der Waals surface area contributed by atoms with Gasteiger partial charge in [-0.25, -0.2) is 18.7 Å². The number of rotatable bonds is 3. The zero-order valence-electron chi connectivity index (χ0n) is 16.6. The lowest BCUT2D eigenvalue weighted by molar-refractivity contribution is 0.0741. The van der Waals surface area contributed by atoms with Gasteiger partial charge in [0.05, 0.1) is 5.56 Å². The number of carbonyl (C=O) groups excluding carboxylic acids is 1. The normalized spacial score (nSPS) is 17.6. The van der Waals surface area contributed by atoms with Gasteiger partial charge in [-0.3, -0.25) is 4.79 Å². The fourth-order valence-corrected chi connectivity index (χ4v) is 3.96. The Labute approximate surface area is 169 Å². The van der Waals surface area contributed by atoms with E-state index in [1.807, 2.05) is 13.0 Å². The van der Waals surface area contributed by atoms with Crippen LogP contribution in [0.25, 0.3) is 0 Å². The minimum absolute atomic E-state index is 0.0925. The molecule has 154 valence electrons. The number of benzene rings is 1. The zero-order chi connectivity index (χ0) is 20.4. The van der Waals surface area contributed by atoms with Crippen molar-refractivity contribution < 1.29 is 13.6 Å². The minimum atomic E-state index is -0.824. The predicted octanol–water partition coefficient (Wildman–Crippen LogP) is 3.02. The van der Waals surface area contributed by atoms with Crippen molar-refractivity contribution in [2.24, 2.45) is 0 Å². The molecule has 0 N–H and O–H groups in total. The SMILES string of the molecule is Cc1nc(N2CCCCC2)cc(N2CCN(C(=O)c3ccc(F)cc3F)CC2)n1. The number of hydrogen-bond acceptors (Lipinski definition) is 5. The Morgan fingerprint density at radius 1 is 0.862 bits per heavy atom. The summed E-state index contributed by atoms with van der Waals surface area (Å²) in [5.41, 5.74) is -0.0925. The highest BCUT2D eigenvalue weighted by Crippen LogP contribution is 2.23. The van der Waals surface area contributed by atoms with Crippen LogP contribution >= 0.6 is 0 Å². The van der Waals surface area contributed by atoms with Crippen LogP contribution in [0, 0.1) is 18.6 Å². The van der Waals surface area contributed by atoms with Gasteiger partial charge in [0, 0.05) is 51.4 Å². The Hall–Kier alpha value is -2.77. The summed E-state index contributed by atoms with van der Waals surface area (Å²) >= 11 is 0. The molecule has 6 nitrogen and oxygen atoms in total. The van der Waals surface area contributed by atoms with Crippen LogP contribution in [0.5, 0.6) is 0 Å². The van der Waals surface area contributed by atoms with Gasteiger partial charge in [-0.15, -0.1) is 0 Å². The summed E-state index contributed by atoms with van der Waals surface area (Å²) in [5.74, 6) is 0.629. The summed E-state index contributed by atoms with van der Waals surface area (Å²) in [4.78, 5) is 27.8. The van der Waals surface area contributed by atoms with Gasteiger partial charge in [-0.1, -0.05) is 0 Å². The first kappa shape index (κ1) is 19.5. The molecule has 3 heterocycles. The van der Waals surface area contributed by atoms with Gasteiger partial charge < -0.3 is 14.7 Å². The lowest BCUT2D eigenvalue weighted by atomic mass is 10.1. The molecular weight excluding hydrogens is 376 g/mol. The summed E-state index contributed by atoms with van der Waals surface area (Å²) in [6.45, 7) is 6.04. The van der Waals surface area contributed by atoms with E-state index in [0.717, 1.165) is 42.7 Å². The minimum Gasteiger partial charge on any atom is -0.356 e. The van der Waals surface area contributed by atoms with Crippen LogP contribution in [0.15, 0.2) is 24.3 Å². The van der Waals surface area contributed by atoms with Crippen molar-refractivity contribution in [2.45, 2.75) is 26.2 Å². The Kier molecular flexibility index (Phi) is 5.60. The molecular formula is C21H25F2N5O. The van der Waals surface area contributed by atoms with E-state index in [9.17, 15) is 13.6 Å². The van der Waals surface area contributed by atoms with E-state index in [0.29, 0.717) is 26.2 Å². The first-order valence-electron chi connectivity index (χ1n) is 10.1. The number of piperidine rings is 1. The van der Waals surface area contributed by atoms with Crippen molar-refractivity contribution in [1.29, 1.82) is 0 Å². The highest BCUT2D eigenvalue weighted by Gasteiger charge is 2.25. The third kappa shape index (κ3) is 4.31. The van der Waals surface area contributed by atoms with Crippen molar-refractivity contribution >= 4 is 17.5 Å². The van der Waals surface area contributed by atoms with Gasteiger partial charge in [0.15, 0.2) is 0 Å². The number of aromatic nitrogens is 2. The van der Waals surface area contributed by atoms with Crippen LogP contribution in [-0.4, -0.2) is 60.0 Å². The van der Waals surface area contributed by atoms with Crippen molar-refractivity contribution in [3.63, 3.8) is 0 Å². The largest absolute Gasteiger partial charge is 0.356 e. The lowest BCUT2D eigenvalue weighted by Gasteiger charge is -2.36. The van der Waals surface area contributed by atoms with Crippen LogP contribution in [0.3, 0.4) is 0 Å². The fraction of sp³-hybridized carbons (Fsp3) is 0.476. The zero-order valence-corrected chi connectivity index (χ0v) is 16.6. The Morgan fingerprint density at radius 3 is 2.10 bits per heavy atom. The second-order valence-corrected chi connectivity index (χ2v) is 7.58. The van der Waals surface area contributed by atoms with Gasteiger partial charge in [0.2, 0.25) is 0 Å². The summed E-state index contributed by atoms with van der Waals surface area (Å²) in [5, 5.41) is 0. The second kappa shape index (κ2) is 8.31. The number of hydrogen-bond donors (Lipinski definition) is 0. The average Bonchev–Trinajstić information content (AvgIpc) is 2.74. The molecule has 2 saturated heterocycles. The Morgan fingerprint density at radius 2 is 1.48 bits per heavy atom. The third-order valence-corrected chi connectivity index (χ3v) is 5.54. The highest BCUT2D eigenvalue weighted by atomic mass is 19.1. The molecule has 8 heteroatoms. The summed E-state index contributed by atoms with van der Waals surface area (Å²) in [6.07, 6.45) is 3.62. The average molecular weight is 401 g/mol. The van der Waals surface area contributed by atoms with E-state index in [1.54, 1.807) is 4.90 Å². The van der Waals surface area contributed by atoms with Crippen LogP contribution < -0.4 is 9.80 Å². The van der Waals surface area contributed by atoms with Gasteiger partial charge >= 0.3 is 0 Å². The predicted molar refractivity (Wildman–Crippen MR) is 107 cm³/mol. The molecule has 1 aromatic heterocycles. The van der Waals surface area contributed by atoms with Crippen LogP contribution in [-0.2, 0) is 0 Å². The van der Waals surface area contributed by atoms with Crippen molar-refractivity contribution in [2.75, 3.05) is 49.1 Å². The first-order valence-corrected chi connectivity index (χ1v) is 10.1. The summed E-state index contributed by atoms with van der Waals surface area (Å²) < 4.78 is 27.0. The van der Waals surface area contributed by atoms with Crippen molar-refractivity contribution in [1.82, 2.24) is 14.9 Å². The number of amides is 1. The van der Waals surface area contributed by atoms with Crippen LogP contribution in [0.1, 0.15) is 35.4 Å². The molecule has 0 atom stereocenters. The topological polar surface area (TPSA) is 52.6 Å². The number of anilines is 2. The van der Waals surface area contributed by atoms with Crippen molar-refractivity contribution in [3.8, 4) is 0 Å². The molecule has 2 fully saturated rings. The molecule has 0 bridgehead atoms. The number of halogens is 2. The van der Waals surface area contributed by atoms with E-state index >= 15 is 0 Å². The first-order chi connectivity index (χ1) is 14.0. The maximum absolute atomic E-state index is 13.9.